The van der Waals surface area contributed by atoms with Crippen LogP contribution in [0.5, 0.6) is 0 Å². The summed E-state index contributed by atoms with van der Waals surface area (Å²) in [4.78, 5) is 43.2. The average molecular weight is 497 g/mol. The van der Waals surface area contributed by atoms with Gasteiger partial charge in [-0.3, -0.25) is 14.2 Å². The van der Waals surface area contributed by atoms with Crippen molar-refractivity contribution in [3.05, 3.63) is 97.3 Å². The maximum Gasteiger partial charge on any atom is 0.349 e. The molecular formula is C23H17BrN2O4S. The molecule has 0 N–H and O–H groups in total. The number of hydrogen-bond donors (Lipinski definition) is 0. The number of aromatic nitrogens is 2. The molecule has 0 atom stereocenters. The second-order valence-electron chi connectivity index (χ2n) is 6.91. The number of carbonyl (C=O) groups is 2. The smallest absolute Gasteiger partial charge is 0.349 e. The molecule has 0 fully saturated rings. The van der Waals surface area contributed by atoms with Gasteiger partial charge < -0.3 is 4.74 Å². The Balaban J connectivity index is 1.58. The molecule has 2 aromatic heterocycles. The molecular weight excluding hydrogens is 480 g/mol. The number of esters is 1. The first-order chi connectivity index (χ1) is 14.9. The van der Waals surface area contributed by atoms with E-state index >= 15 is 0 Å². The summed E-state index contributed by atoms with van der Waals surface area (Å²) < 4.78 is 7.54. The minimum atomic E-state index is -0.499. The molecule has 0 amide bonds. The molecule has 0 aliphatic carbocycles. The van der Waals surface area contributed by atoms with Gasteiger partial charge in [0.15, 0.2) is 5.78 Å². The van der Waals surface area contributed by atoms with E-state index in [0.717, 1.165) is 21.4 Å². The van der Waals surface area contributed by atoms with Crippen LogP contribution in [0, 0.1) is 6.92 Å². The van der Waals surface area contributed by atoms with E-state index in [0.29, 0.717) is 26.2 Å². The van der Waals surface area contributed by atoms with Crippen LogP contribution in [0.3, 0.4) is 0 Å². The molecule has 0 radical (unpaired) electrons. The van der Waals surface area contributed by atoms with Gasteiger partial charge in [0.1, 0.15) is 16.3 Å². The van der Waals surface area contributed by atoms with Crippen molar-refractivity contribution in [2.24, 2.45) is 0 Å². The molecule has 0 saturated carbocycles. The summed E-state index contributed by atoms with van der Waals surface area (Å²) in [7, 11) is 0. The molecule has 0 saturated heterocycles. The molecule has 31 heavy (non-hydrogen) atoms. The second-order valence-corrected chi connectivity index (χ2v) is 8.82. The van der Waals surface area contributed by atoms with Crippen LogP contribution in [-0.2, 0) is 17.9 Å². The topological polar surface area (TPSA) is 78.3 Å². The van der Waals surface area contributed by atoms with Crippen LogP contribution < -0.4 is 5.56 Å². The van der Waals surface area contributed by atoms with Crippen molar-refractivity contribution in [2.75, 3.05) is 0 Å². The Morgan fingerprint density at radius 1 is 1.10 bits per heavy atom. The second kappa shape index (κ2) is 8.95. The molecule has 6 nitrogen and oxygen atoms in total. The van der Waals surface area contributed by atoms with Crippen LogP contribution in [0.1, 0.15) is 31.2 Å². The highest BCUT2D eigenvalue weighted by Crippen LogP contribution is 2.27. The SMILES string of the molecule is Cc1c(C(=O)OCc2ccccc2)sc2ncn(CC(=O)c3ccc(Br)cc3)c(=O)c12. The molecule has 4 rings (SSSR count). The Morgan fingerprint density at radius 2 is 1.81 bits per heavy atom. The zero-order valence-electron chi connectivity index (χ0n) is 16.5. The maximum atomic E-state index is 13.0. The first-order valence-corrected chi connectivity index (χ1v) is 11.0. The van der Waals surface area contributed by atoms with E-state index in [-0.39, 0.29) is 24.5 Å². The molecule has 2 heterocycles. The number of aryl methyl sites for hydroxylation is 1. The van der Waals surface area contributed by atoms with E-state index < -0.39 is 5.97 Å². The van der Waals surface area contributed by atoms with Crippen LogP contribution in [0.15, 0.2) is 70.2 Å². The fourth-order valence-corrected chi connectivity index (χ4v) is 4.43. The summed E-state index contributed by atoms with van der Waals surface area (Å²) in [5, 5.41) is 0.336. The number of halogens is 1. The molecule has 4 aromatic rings. The summed E-state index contributed by atoms with van der Waals surface area (Å²) >= 11 is 4.45. The van der Waals surface area contributed by atoms with Crippen molar-refractivity contribution in [2.45, 2.75) is 20.1 Å². The highest BCUT2D eigenvalue weighted by atomic mass is 79.9. The molecule has 0 unspecified atom stereocenters. The molecule has 0 spiro atoms. The van der Waals surface area contributed by atoms with Crippen LogP contribution in [-0.4, -0.2) is 21.3 Å². The van der Waals surface area contributed by atoms with Gasteiger partial charge in [-0.05, 0) is 30.2 Å². The third-order valence-electron chi connectivity index (χ3n) is 4.80. The first-order valence-electron chi connectivity index (χ1n) is 9.42. The van der Waals surface area contributed by atoms with Crippen LogP contribution in [0.4, 0.5) is 0 Å². The zero-order chi connectivity index (χ0) is 22.0. The van der Waals surface area contributed by atoms with E-state index in [1.54, 1.807) is 31.2 Å². The largest absolute Gasteiger partial charge is 0.457 e. The van der Waals surface area contributed by atoms with Gasteiger partial charge in [-0.2, -0.15) is 0 Å². The Bertz CT molecular complexity index is 1330. The van der Waals surface area contributed by atoms with Gasteiger partial charge in [-0.1, -0.05) is 58.4 Å². The lowest BCUT2D eigenvalue weighted by molar-refractivity contribution is 0.0477. The molecule has 0 aliphatic heterocycles. The number of thiophene rings is 1. The van der Waals surface area contributed by atoms with Crippen LogP contribution in [0.2, 0.25) is 0 Å². The molecule has 2 aromatic carbocycles. The lowest BCUT2D eigenvalue weighted by atomic mass is 10.1. The minimum Gasteiger partial charge on any atom is -0.457 e. The Hall–Kier alpha value is -3.10. The number of hydrogen-bond acceptors (Lipinski definition) is 6. The lowest BCUT2D eigenvalue weighted by Gasteiger charge is -2.05. The van der Waals surface area contributed by atoms with Crippen molar-refractivity contribution in [3.63, 3.8) is 0 Å². The van der Waals surface area contributed by atoms with Crippen molar-refractivity contribution in [3.8, 4) is 0 Å². The van der Waals surface area contributed by atoms with Gasteiger partial charge in [0.05, 0.1) is 18.3 Å². The molecule has 0 bridgehead atoms. The number of rotatable bonds is 6. The van der Waals surface area contributed by atoms with E-state index in [9.17, 15) is 14.4 Å². The fraction of sp³-hybridized carbons (Fsp3) is 0.130. The third kappa shape index (κ3) is 4.50. The standard InChI is InChI=1S/C23H17BrN2O4S/c1-14-19-21(31-20(14)23(29)30-12-15-5-3-2-4-6-15)25-13-26(22(19)28)11-18(27)16-7-9-17(24)10-8-16/h2-10,13H,11-12H2,1H3. The number of benzene rings is 2. The molecule has 156 valence electrons. The van der Waals surface area contributed by atoms with Gasteiger partial charge >= 0.3 is 5.97 Å². The summed E-state index contributed by atoms with van der Waals surface area (Å²) in [5.74, 6) is -0.702. The monoisotopic (exact) mass is 496 g/mol. The van der Waals surface area contributed by atoms with E-state index in [1.807, 2.05) is 30.3 Å². The van der Waals surface area contributed by atoms with E-state index in [4.69, 9.17) is 4.74 Å². The van der Waals surface area contributed by atoms with Crippen molar-refractivity contribution in [1.82, 2.24) is 9.55 Å². The molecule has 0 aliphatic rings. The highest BCUT2D eigenvalue weighted by Gasteiger charge is 2.21. The van der Waals surface area contributed by atoms with Gasteiger partial charge in [0, 0.05) is 10.0 Å². The number of carbonyl (C=O) groups excluding carboxylic acids is 2. The number of nitrogens with zero attached hydrogens (tertiary/aromatic N) is 2. The van der Waals surface area contributed by atoms with Crippen molar-refractivity contribution >= 4 is 49.2 Å². The van der Waals surface area contributed by atoms with Gasteiger partial charge in [0.25, 0.3) is 5.56 Å². The van der Waals surface area contributed by atoms with Crippen LogP contribution >= 0.6 is 27.3 Å². The minimum absolute atomic E-state index is 0.132. The normalized spacial score (nSPS) is 10.9. The lowest BCUT2D eigenvalue weighted by Crippen LogP contribution is -2.24. The third-order valence-corrected chi connectivity index (χ3v) is 6.50. The van der Waals surface area contributed by atoms with Crippen LogP contribution in [0.25, 0.3) is 10.2 Å². The zero-order valence-corrected chi connectivity index (χ0v) is 18.9. The Labute approximate surface area is 190 Å². The summed E-state index contributed by atoms with van der Waals surface area (Å²) in [5.41, 5.74) is 1.54. The summed E-state index contributed by atoms with van der Waals surface area (Å²) in [6.07, 6.45) is 1.34. The first kappa shape index (κ1) is 21.1. The highest BCUT2D eigenvalue weighted by molar-refractivity contribution is 9.10. The Morgan fingerprint density at radius 3 is 2.52 bits per heavy atom. The van der Waals surface area contributed by atoms with Crippen molar-refractivity contribution in [1.29, 1.82) is 0 Å². The number of fused-ring (bicyclic) bond motifs is 1. The molecule has 8 heteroatoms. The average Bonchev–Trinajstić information content (AvgIpc) is 3.12. The van der Waals surface area contributed by atoms with Gasteiger partial charge in [-0.25, -0.2) is 9.78 Å². The fourth-order valence-electron chi connectivity index (χ4n) is 3.14. The predicted octanol–water partition coefficient (Wildman–Crippen LogP) is 4.77. The van der Waals surface area contributed by atoms with Crippen molar-refractivity contribution < 1.29 is 14.3 Å². The maximum absolute atomic E-state index is 13.0. The van der Waals surface area contributed by atoms with E-state index in [1.165, 1.54) is 10.9 Å². The number of Topliss-reactive ketones (excluding diaryl/α,β-unsaturated/α-hetero) is 1. The predicted molar refractivity (Wildman–Crippen MR) is 123 cm³/mol. The number of ketones is 1. The van der Waals surface area contributed by atoms with Gasteiger partial charge in [-0.15, -0.1) is 11.3 Å². The van der Waals surface area contributed by atoms with Gasteiger partial charge in [0.2, 0.25) is 0 Å². The van der Waals surface area contributed by atoms with E-state index in [2.05, 4.69) is 20.9 Å². The quantitative estimate of drug-likeness (QED) is 0.283. The summed E-state index contributed by atoms with van der Waals surface area (Å²) in [6, 6.07) is 16.3. The Kier molecular flexibility index (Phi) is 6.11. The number of ether oxygens (including phenoxy) is 1. The summed E-state index contributed by atoms with van der Waals surface area (Å²) in [6.45, 7) is 1.71.